The number of rotatable bonds is 4. The Balaban J connectivity index is 1.87. The lowest BCUT2D eigenvalue weighted by molar-refractivity contribution is 0.201. The van der Waals surface area contributed by atoms with E-state index in [1.54, 1.807) is 18.3 Å². The molecule has 1 aliphatic carbocycles. The minimum atomic E-state index is -0.0299. The summed E-state index contributed by atoms with van der Waals surface area (Å²) in [5, 5.41) is 8.69. The molecule has 1 aliphatic rings. The van der Waals surface area contributed by atoms with Crippen LogP contribution < -0.4 is 4.74 Å². The van der Waals surface area contributed by atoms with E-state index in [9.17, 15) is 0 Å². The summed E-state index contributed by atoms with van der Waals surface area (Å²) >= 11 is 0. The first-order chi connectivity index (χ1) is 9.78. The van der Waals surface area contributed by atoms with Crippen LogP contribution in [0.5, 0.6) is 5.75 Å². The summed E-state index contributed by atoms with van der Waals surface area (Å²) in [6, 6.07) is 3.53. The summed E-state index contributed by atoms with van der Waals surface area (Å²) in [5.74, 6) is 1.08. The zero-order valence-electron chi connectivity index (χ0n) is 11.5. The van der Waals surface area contributed by atoms with Crippen LogP contribution in [0.3, 0.4) is 0 Å². The number of ether oxygens (including phenoxy) is 1. The average molecular weight is 258 g/mol. The van der Waals surface area contributed by atoms with Crippen LogP contribution in [-0.2, 0) is 12.8 Å². The molecule has 19 heavy (non-hydrogen) atoms. The Morgan fingerprint density at radius 2 is 2.26 bits per heavy atom. The molecule has 0 atom stereocenters. The fourth-order valence-electron chi connectivity index (χ4n) is 2.12. The summed E-state index contributed by atoms with van der Waals surface area (Å²) in [6.45, 7) is 0.213. The van der Waals surface area contributed by atoms with E-state index < -0.39 is 0 Å². The summed E-state index contributed by atoms with van der Waals surface area (Å²) < 4.78 is 13.2. The second-order valence-corrected chi connectivity index (χ2v) is 4.39. The Morgan fingerprint density at radius 1 is 1.32 bits per heavy atom. The van der Waals surface area contributed by atoms with Gasteiger partial charge in [-0.05, 0) is 37.0 Å². The molecule has 0 bridgehead atoms. The van der Waals surface area contributed by atoms with Crippen molar-refractivity contribution in [2.24, 2.45) is 0 Å². The van der Waals surface area contributed by atoms with Gasteiger partial charge in [-0.1, -0.05) is 0 Å². The minimum Gasteiger partial charge on any atom is -0.490 e. The zero-order valence-corrected chi connectivity index (χ0v) is 10.5. The van der Waals surface area contributed by atoms with Gasteiger partial charge in [-0.3, -0.25) is 0 Å². The molecule has 0 radical (unpaired) electrons. The van der Waals surface area contributed by atoms with Crippen LogP contribution in [0.2, 0.25) is 0 Å². The molecule has 1 N–H and O–H groups in total. The van der Waals surface area contributed by atoms with Crippen LogP contribution in [-0.4, -0.2) is 33.3 Å². The van der Waals surface area contributed by atoms with Gasteiger partial charge >= 0.3 is 0 Å². The molecular weight excluding hydrogens is 242 g/mol. The molecule has 5 nitrogen and oxygen atoms in total. The quantitative estimate of drug-likeness (QED) is 0.897. The fraction of sp³-hybridized carbons (Fsp3) is 0.357. The average Bonchev–Trinajstić information content (AvgIpc) is 2.94. The number of aromatic nitrogens is 3. The van der Waals surface area contributed by atoms with E-state index in [1.165, 1.54) is 0 Å². The predicted molar refractivity (Wildman–Crippen MR) is 69.9 cm³/mol. The number of hydrogen-bond acceptors (Lipinski definition) is 5. The van der Waals surface area contributed by atoms with E-state index >= 15 is 0 Å². The SMILES string of the molecule is [2H]c1nc(-c2ccc(OCCO)cn2)nc2c1CCC2. The van der Waals surface area contributed by atoms with Gasteiger partial charge in [0.25, 0.3) is 0 Å². The molecule has 2 aromatic rings. The third-order valence-electron chi connectivity index (χ3n) is 3.05. The molecule has 0 aliphatic heterocycles. The number of fused-ring (bicyclic) bond motifs is 1. The van der Waals surface area contributed by atoms with Crippen LogP contribution in [0.1, 0.15) is 19.0 Å². The predicted octanol–water partition coefficient (Wildman–Crippen LogP) is 1.40. The number of nitrogens with zero attached hydrogens (tertiary/aromatic N) is 3. The Labute approximate surface area is 112 Å². The van der Waals surface area contributed by atoms with Crippen molar-refractivity contribution in [3.8, 4) is 17.3 Å². The van der Waals surface area contributed by atoms with Gasteiger partial charge in [0, 0.05) is 11.9 Å². The number of aliphatic hydroxyl groups is 1. The third kappa shape index (κ3) is 2.56. The van der Waals surface area contributed by atoms with Gasteiger partial charge in [0.2, 0.25) is 0 Å². The second-order valence-electron chi connectivity index (χ2n) is 4.39. The Bertz CT molecular complexity index is 617. The van der Waals surface area contributed by atoms with Gasteiger partial charge in [-0.2, -0.15) is 0 Å². The lowest BCUT2D eigenvalue weighted by Crippen LogP contribution is -2.02. The highest BCUT2D eigenvalue weighted by Crippen LogP contribution is 2.22. The van der Waals surface area contributed by atoms with Gasteiger partial charge in [0.1, 0.15) is 18.1 Å². The van der Waals surface area contributed by atoms with E-state index in [0.29, 0.717) is 23.4 Å². The van der Waals surface area contributed by atoms with Crippen LogP contribution in [0.15, 0.2) is 24.5 Å². The maximum absolute atomic E-state index is 8.69. The third-order valence-corrected chi connectivity index (χ3v) is 3.05. The highest BCUT2D eigenvalue weighted by Gasteiger charge is 2.14. The van der Waals surface area contributed by atoms with Crippen molar-refractivity contribution >= 4 is 0 Å². The van der Waals surface area contributed by atoms with E-state index in [1.807, 2.05) is 0 Å². The molecule has 2 aromatic heterocycles. The highest BCUT2D eigenvalue weighted by atomic mass is 16.5. The van der Waals surface area contributed by atoms with Crippen LogP contribution in [0.25, 0.3) is 11.5 Å². The summed E-state index contributed by atoms with van der Waals surface area (Å²) in [4.78, 5) is 13.0. The van der Waals surface area contributed by atoms with Crippen molar-refractivity contribution in [2.45, 2.75) is 19.3 Å². The number of pyridine rings is 1. The van der Waals surface area contributed by atoms with E-state index in [0.717, 1.165) is 30.5 Å². The number of hydrogen-bond donors (Lipinski definition) is 1. The van der Waals surface area contributed by atoms with Gasteiger partial charge in [-0.15, -0.1) is 0 Å². The van der Waals surface area contributed by atoms with Crippen molar-refractivity contribution < 1.29 is 11.2 Å². The molecule has 98 valence electrons. The largest absolute Gasteiger partial charge is 0.490 e. The first kappa shape index (κ1) is 10.9. The monoisotopic (exact) mass is 258 g/mol. The minimum absolute atomic E-state index is 0.0299. The lowest BCUT2D eigenvalue weighted by Gasteiger charge is -2.05. The van der Waals surface area contributed by atoms with Crippen molar-refractivity contribution in [1.29, 1.82) is 0 Å². The maximum atomic E-state index is 8.69. The molecule has 3 rings (SSSR count). The van der Waals surface area contributed by atoms with E-state index in [-0.39, 0.29) is 13.2 Å². The van der Waals surface area contributed by atoms with Gasteiger partial charge in [0.15, 0.2) is 5.82 Å². The Morgan fingerprint density at radius 3 is 3.05 bits per heavy atom. The van der Waals surface area contributed by atoms with Gasteiger partial charge in [-0.25, -0.2) is 15.0 Å². The van der Waals surface area contributed by atoms with Crippen molar-refractivity contribution in [3.05, 3.63) is 35.8 Å². The van der Waals surface area contributed by atoms with E-state index in [2.05, 4.69) is 15.0 Å². The molecule has 0 spiro atoms. The lowest BCUT2D eigenvalue weighted by atomic mass is 10.2. The molecule has 2 heterocycles. The van der Waals surface area contributed by atoms with Crippen LogP contribution >= 0.6 is 0 Å². The number of aryl methyl sites for hydroxylation is 1. The first-order valence-electron chi connectivity index (χ1n) is 6.84. The van der Waals surface area contributed by atoms with Gasteiger partial charge < -0.3 is 9.84 Å². The molecule has 0 aromatic carbocycles. The maximum Gasteiger partial charge on any atom is 0.178 e. The number of aliphatic hydroxyl groups excluding tert-OH is 1. The molecule has 5 heteroatoms. The normalized spacial score (nSPS) is 14.1. The Hall–Kier alpha value is -2.01. The smallest absolute Gasteiger partial charge is 0.178 e. The van der Waals surface area contributed by atoms with Crippen molar-refractivity contribution in [1.82, 2.24) is 15.0 Å². The van der Waals surface area contributed by atoms with Crippen molar-refractivity contribution in [2.75, 3.05) is 13.2 Å². The summed E-state index contributed by atoms with van der Waals surface area (Å²) in [7, 11) is 0. The topological polar surface area (TPSA) is 68.1 Å². The van der Waals surface area contributed by atoms with Crippen LogP contribution in [0, 0.1) is 0 Å². The molecule has 0 amide bonds. The fourth-order valence-corrected chi connectivity index (χ4v) is 2.12. The van der Waals surface area contributed by atoms with Crippen LogP contribution in [0.4, 0.5) is 0 Å². The summed E-state index contributed by atoms with van der Waals surface area (Å²) in [6.07, 6.45) is 4.74. The Kier molecular flexibility index (Phi) is 3.04. The molecule has 0 fully saturated rings. The standard InChI is InChI=1S/C14H15N3O2/c18-6-7-19-11-4-5-13(15-9-11)14-16-8-10-2-1-3-12(10)17-14/h4-5,8-9,18H,1-3,6-7H2/i8D. The molecule has 0 saturated carbocycles. The molecular formula is C14H15N3O2. The van der Waals surface area contributed by atoms with Gasteiger partial charge in [0.05, 0.1) is 14.2 Å². The highest BCUT2D eigenvalue weighted by molar-refractivity contribution is 5.50. The zero-order chi connectivity index (χ0) is 13.9. The van der Waals surface area contributed by atoms with E-state index in [4.69, 9.17) is 11.2 Å². The van der Waals surface area contributed by atoms with Crippen molar-refractivity contribution in [3.63, 3.8) is 0 Å². The second kappa shape index (κ2) is 5.32. The summed E-state index contributed by atoms with van der Waals surface area (Å²) in [5.41, 5.74) is 2.57. The first-order valence-corrected chi connectivity index (χ1v) is 6.34. The molecule has 0 saturated heterocycles. The molecule has 0 unspecified atom stereocenters.